The van der Waals surface area contributed by atoms with Crippen LogP contribution < -0.4 is 10.6 Å². The molecule has 0 saturated heterocycles. The summed E-state index contributed by atoms with van der Waals surface area (Å²) in [5.74, 6) is -0.520. The average molecular weight is 448 g/mol. The van der Waals surface area contributed by atoms with Crippen molar-refractivity contribution in [1.82, 2.24) is 15.2 Å². The first-order valence-corrected chi connectivity index (χ1v) is 7.60. The van der Waals surface area contributed by atoms with Crippen LogP contribution in [0.25, 0.3) is 0 Å². The zero-order valence-electron chi connectivity index (χ0n) is 13.8. The van der Waals surface area contributed by atoms with Gasteiger partial charge in [0, 0.05) is 51.1 Å². The number of benzene rings is 1. The maximum Gasteiger partial charge on any atom is 0.191 e. The maximum absolute atomic E-state index is 13.8. The van der Waals surface area contributed by atoms with Crippen LogP contribution in [0.15, 0.2) is 47.7 Å². The number of aliphatic imine (C=N–C) groups is 1. The van der Waals surface area contributed by atoms with Gasteiger partial charge in [-0.05, 0) is 23.8 Å². The van der Waals surface area contributed by atoms with E-state index in [1.54, 1.807) is 7.05 Å². The van der Waals surface area contributed by atoms with Gasteiger partial charge in [-0.25, -0.2) is 8.78 Å². The number of nitrogens with zero attached hydrogens (tertiary/aromatic N) is 2. The predicted molar refractivity (Wildman–Crippen MR) is 104 cm³/mol. The van der Waals surface area contributed by atoms with Gasteiger partial charge in [-0.1, -0.05) is 13.0 Å². The molecule has 0 bridgehead atoms. The van der Waals surface area contributed by atoms with Crippen molar-refractivity contribution in [3.8, 4) is 0 Å². The van der Waals surface area contributed by atoms with E-state index in [1.807, 2.05) is 31.5 Å². The molecular formula is C17H23F2IN4. The summed E-state index contributed by atoms with van der Waals surface area (Å²) < 4.78 is 28.8. The van der Waals surface area contributed by atoms with Crippen LogP contribution in [0.5, 0.6) is 0 Å². The Bertz CT molecular complexity index is 644. The van der Waals surface area contributed by atoms with Gasteiger partial charge in [-0.15, -0.1) is 24.0 Å². The highest BCUT2D eigenvalue weighted by Gasteiger charge is 2.12. The highest BCUT2D eigenvalue weighted by atomic mass is 127. The molecule has 2 aromatic rings. The molecule has 0 saturated carbocycles. The Morgan fingerprint density at radius 3 is 2.54 bits per heavy atom. The number of aromatic nitrogens is 1. The molecular weight excluding hydrogens is 425 g/mol. The predicted octanol–water partition coefficient (Wildman–Crippen LogP) is 3.35. The van der Waals surface area contributed by atoms with Crippen molar-refractivity contribution in [2.24, 2.45) is 4.99 Å². The molecule has 1 aromatic carbocycles. The molecule has 0 aliphatic rings. The van der Waals surface area contributed by atoms with E-state index in [2.05, 4.69) is 20.2 Å². The summed E-state index contributed by atoms with van der Waals surface area (Å²) in [7, 11) is 1.69. The Morgan fingerprint density at radius 2 is 1.92 bits per heavy atom. The molecule has 0 radical (unpaired) electrons. The molecule has 0 aliphatic heterocycles. The second-order valence-electron chi connectivity index (χ2n) is 5.37. The first kappa shape index (κ1) is 20.4. The fourth-order valence-corrected chi connectivity index (χ4v) is 2.30. The molecule has 0 amide bonds. The summed E-state index contributed by atoms with van der Waals surface area (Å²) in [5, 5.41) is 6.36. The minimum Gasteiger partial charge on any atom is -0.356 e. The smallest absolute Gasteiger partial charge is 0.191 e. The van der Waals surface area contributed by atoms with Gasteiger partial charge in [0.25, 0.3) is 0 Å². The van der Waals surface area contributed by atoms with Crippen LogP contribution >= 0.6 is 24.0 Å². The Hall–Kier alpha value is -1.64. The molecule has 0 spiro atoms. The van der Waals surface area contributed by atoms with Gasteiger partial charge in [0.1, 0.15) is 11.6 Å². The van der Waals surface area contributed by atoms with Gasteiger partial charge in [-0.3, -0.25) is 4.99 Å². The quantitative estimate of drug-likeness (QED) is 0.405. The molecule has 132 valence electrons. The van der Waals surface area contributed by atoms with Gasteiger partial charge in [0.15, 0.2) is 5.96 Å². The number of nitrogens with one attached hydrogen (secondary N) is 2. The van der Waals surface area contributed by atoms with Crippen LogP contribution in [0.2, 0.25) is 0 Å². The monoisotopic (exact) mass is 448 g/mol. The molecule has 2 rings (SSSR count). The molecule has 1 unspecified atom stereocenters. The second kappa shape index (κ2) is 10.3. The summed E-state index contributed by atoms with van der Waals surface area (Å²) in [5.41, 5.74) is 0.488. The first-order chi connectivity index (χ1) is 11.1. The zero-order valence-corrected chi connectivity index (χ0v) is 16.1. The third-order valence-corrected chi connectivity index (χ3v) is 3.62. The van der Waals surface area contributed by atoms with E-state index in [-0.39, 0.29) is 29.9 Å². The number of hydrogen-bond acceptors (Lipinski definition) is 1. The summed E-state index contributed by atoms with van der Waals surface area (Å²) in [6, 6.07) is 7.63. The number of rotatable bonds is 6. The van der Waals surface area contributed by atoms with Crippen molar-refractivity contribution in [2.45, 2.75) is 19.4 Å². The van der Waals surface area contributed by atoms with E-state index in [1.165, 1.54) is 12.1 Å². The standard InChI is InChI=1S/C17H22F2N4.HI/c1-13(15-6-5-14(18)11-16(15)19)12-22-17(20-2)21-7-10-23-8-3-4-9-23;/h3-6,8-9,11,13H,7,10,12H2,1-2H3,(H2,20,21,22);1H. The summed E-state index contributed by atoms with van der Waals surface area (Å²) in [6.45, 7) is 3.95. The van der Waals surface area contributed by atoms with Gasteiger partial charge in [0.05, 0.1) is 0 Å². The maximum atomic E-state index is 13.8. The largest absolute Gasteiger partial charge is 0.356 e. The molecule has 0 fully saturated rings. The molecule has 0 aliphatic carbocycles. The van der Waals surface area contributed by atoms with Crippen LogP contribution in [0.1, 0.15) is 18.4 Å². The van der Waals surface area contributed by atoms with Gasteiger partial charge in [0.2, 0.25) is 0 Å². The van der Waals surface area contributed by atoms with Crippen molar-refractivity contribution in [2.75, 3.05) is 20.1 Å². The van der Waals surface area contributed by atoms with Crippen molar-refractivity contribution >= 4 is 29.9 Å². The molecule has 1 aromatic heterocycles. The van der Waals surface area contributed by atoms with Crippen LogP contribution in [-0.2, 0) is 6.54 Å². The second-order valence-corrected chi connectivity index (χ2v) is 5.37. The number of guanidine groups is 1. The molecule has 24 heavy (non-hydrogen) atoms. The minimum atomic E-state index is -0.561. The Kier molecular flexibility index (Phi) is 8.73. The average Bonchev–Trinajstić information content (AvgIpc) is 3.03. The lowest BCUT2D eigenvalue weighted by atomic mass is 10.0. The summed E-state index contributed by atoms with van der Waals surface area (Å²) in [6.07, 6.45) is 3.99. The number of hydrogen-bond donors (Lipinski definition) is 2. The van der Waals surface area contributed by atoms with Crippen LogP contribution in [0.3, 0.4) is 0 Å². The lowest BCUT2D eigenvalue weighted by Crippen LogP contribution is -2.40. The Morgan fingerprint density at radius 1 is 1.21 bits per heavy atom. The van der Waals surface area contributed by atoms with Crippen molar-refractivity contribution in [1.29, 1.82) is 0 Å². The first-order valence-electron chi connectivity index (χ1n) is 7.60. The van der Waals surface area contributed by atoms with Crippen LogP contribution in [0.4, 0.5) is 8.78 Å². The summed E-state index contributed by atoms with van der Waals surface area (Å²) in [4.78, 5) is 4.14. The SMILES string of the molecule is CN=C(NCCn1cccc1)NCC(C)c1ccc(F)cc1F.I. The van der Waals surface area contributed by atoms with Crippen molar-refractivity contribution in [3.63, 3.8) is 0 Å². The fourth-order valence-electron chi connectivity index (χ4n) is 2.30. The van der Waals surface area contributed by atoms with Gasteiger partial charge in [-0.2, -0.15) is 0 Å². The number of halogens is 3. The van der Waals surface area contributed by atoms with E-state index < -0.39 is 11.6 Å². The molecule has 1 heterocycles. The van der Waals surface area contributed by atoms with Gasteiger partial charge < -0.3 is 15.2 Å². The molecule has 2 N–H and O–H groups in total. The summed E-state index contributed by atoms with van der Waals surface area (Å²) >= 11 is 0. The minimum absolute atomic E-state index is 0. The van der Waals surface area contributed by atoms with E-state index in [0.717, 1.165) is 19.2 Å². The Labute approximate surface area is 158 Å². The van der Waals surface area contributed by atoms with Gasteiger partial charge >= 0.3 is 0 Å². The lowest BCUT2D eigenvalue weighted by molar-refractivity contribution is 0.555. The van der Waals surface area contributed by atoms with Crippen molar-refractivity contribution in [3.05, 3.63) is 59.9 Å². The van der Waals surface area contributed by atoms with Crippen LogP contribution in [0, 0.1) is 11.6 Å². The van der Waals surface area contributed by atoms with E-state index in [9.17, 15) is 8.78 Å². The Balaban J connectivity index is 0.00000288. The molecule has 4 nitrogen and oxygen atoms in total. The van der Waals surface area contributed by atoms with E-state index >= 15 is 0 Å². The third kappa shape index (κ3) is 6.10. The lowest BCUT2D eigenvalue weighted by Gasteiger charge is -2.17. The molecule has 7 heteroatoms. The topological polar surface area (TPSA) is 41.4 Å². The van der Waals surface area contributed by atoms with E-state index in [4.69, 9.17) is 0 Å². The van der Waals surface area contributed by atoms with Crippen molar-refractivity contribution < 1.29 is 8.78 Å². The fraction of sp³-hybridized carbons (Fsp3) is 0.353. The normalized spacial score (nSPS) is 12.4. The highest BCUT2D eigenvalue weighted by molar-refractivity contribution is 14.0. The molecule has 1 atom stereocenters. The highest BCUT2D eigenvalue weighted by Crippen LogP contribution is 2.18. The van der Waals surface area contributed by atoms with E-state index in [0.29, 0.717) is 18.1 Å². The zero-order chi connectivity index (χ0) is 16.7. The van der Waals surface area contributed by atoms with Crippen LogP contribution in [-0.4, -0.2) is 30.7 Å². The third-order valence-electron chi connectivity index (χ3n) is 3.62.